The van der Waals surface area contributed by atoms with E-state index in [1.54, 1.807) is 6.92 Å². The Labute approximate surface area is 161 Å². The normalized spacial score (nSPS) is 16.3. The van der Waals surface area contributed by atoms with E-state index in [-0.39, 0.29) is 11.7 Å². The third-order valence-electron chi connectivity index (χ3n) is 4.00. The van der Waals surface area contributed by atoms with Gasteiger partial charge in [0.1, 0.15) is 6.04 Å². The maximum atomic E-state index is 12.2. The first-order valence-electron chi connectivity index (χ1n) is 8.42. The summed E-state index contributed by atoms with van der Waals surface area (Å²) in [7, 11) is 0. The van der Waals surface area contributed by atoms with Gasteiger partial charge in [-0.15, -0.1) is 0 Å². The van der Waals surface area contributed by atoms with Crippen LogP contribution in [-0.2, 0) is 9.59 Å². The minimum Gasteiger partial charge on any atom is -0.366 e. The summed E-state index contributed by atoms with van der Waals surface area (Å²) in [6.07, 6.45) is 0. The van der Waals surface area contributed by atoms with E-state index in [1.807, 2.05) is 60.7 Å². The van der Waals surface area contributed by atoms with Crippen LogP contribution in [0, 0.1) is 0 Å². The van der Waals surface area contributed by atoms with Gasteiger partial charge in [-0.1, -0.05) is 60.3 Å². The Morgan fingerprint density at radius 1 is 1.11 bits per heavy atom. The molecular weight excluding hydrogens is 360 g/mol. The molecule has 0 aromatic heterocycles. The molecule has 0 aliphatic carbocycles. The molecule has 3 rings (SSSR count). The summed E-state index contributed by atoms with van der Waals surface area (Å²) in [6.45, 7) is 1.79. The maximum absolute atomic E-state index is 12.2. The fraction of sp³-hybridized carbons (Fsp3) is 0.150. The number of para-hydroxylation sites is 1. The van der Waals surface area contributed by atoms with Crippen molar-refractivity contribution < 1.29 is 9.59 Å². The van der Waals surface area contributed by atoms with Crippen LogP contribution in [-0.4, -0.2) is 22.7 Å². The van der Waals surface area contributed by atoms with Gasteiger partial charge >= 0.3 is 0 Å². The Kier molecular flexibility index (Phi) is 5.93. The molecule has 138 valence electrons. The highest BCUT2D eigenvalue weighted by atomic mass is 32.2. The van der Waals surface area contributed by atoms with Crippen molar-refractivity contribution in [3.05, 3.63) is 77.5 Å². The number of hydrogen-bond acceptors (Lipinski definition) is 5. The highest BCUT2D eigenvalue weighted by Gasteiger charge is 2.28. The predicted molar refractivity (Wildman–Crippen MR) is 109 cm³/mol. The van der Waals surface area contributed by atoms with Crippen LogP contribution in [0.25, 0.3) is 0 Å². The molecule has 1 atom stereocenters. The van der Waals surface area contributed by atoms with Gasteiger partial charge in [-0.2, -0.15) is 0 Å². The second-order valence-corrected chi connectivity index (χ2v) is 6.94. The number of nitrogens with zero attached hydrogens (tertiary/aromatic N) is 1. The topological polar surface area (TPSA) is 96.6 Å². The average Bonchev–Trinajstić information content (AvgIpc) is 2.67. The highest BCUT2D eigenvalue weighted by Crippen LogP contribution is 2.31. The number of anilines is 1. The fourth-order valence-corrected chi connectivity index (χ4v) is 3.51. The number of carbonyl (C=O) groups excluding carboxylic acids is 2. The lowest BCUT2D eigenvalue weighted by Crippen LogP contribution is -2.33. The number of nitrogens with one attached hydrogen (secondary N) is 2. The first-order valence-corrected chi connectivity index (χ1v) is 9.41. The summed E-state index contributed by atoms with van der Waals surface area (Å²) >= 11 is 1.28. The number of primary amides is 1. The number of nitrogens with two attached hydrogens (primary N) is 1. The second kappa shape index (κ2) is 8.55. The molecule has 2 amide bonds. The molecule has 0 fully saturated rings. The molecule has 2 aromatic rings. The quantitative estimate of drug-likeness (QED) is 0.743. The summed E-state index contributed by atoms with van der Waals surface area (Å²) in [5, 5.41) is 6.49. The molecule has 2 aromatic carbocycles. The summed E-state index contributed by atoms with van der Waals surface area (Å²) in [4.78, 5) is 28.7. The number of benzene rings is 2. The zero-order valence-corrected chi connectivity index (χ0v) is 15.6. The van der Waals surface area contributed by atoms with E-state index < -0.39 is 11.9 Å². The van der Waals surface area contributed by atoms with E-state index in [4.69, 9.17) is 5.73 Å². The lowest BCUT2D eigenvalue weighted by molar-refractivity contribution is -0.115. The molecule has 1 aliphatic rings. The van der Waals surface area contributed by atoms with Crippen molar-refractivity contribution in [2.45, 2.75) is 13.0 Å². The minimum absolute atomic E-state index is 0.130. The number of aliphatic imine (C=N–C) groups is 1. The molecular formula is C20H20N4O2S. The Balaban J connectivity index is 1.72. The molecule has 0 radical (unpaired) electrons. The number of rotatable bonds is 5. The lowest BCUT2D eigenvalue weighted by atomic mass is 9.96. The van der Waals surface area contributed by atoms with Crippen molar-refractivity contribution >= 4 is 34.4 Å². The number of amidine groups is 1. The molecule has 0 unspecified atom stereocenters. The third kappa shape index (κ3) is 4.77. The van der Waals surface area contributed by atoms with Crippen LogP contribution in [0.4, 0.5) is 5.69 Å². The van der Waals surface area contributed by atoms with E-state index in [9.17, 15) is 9.59 Å². The minimum atomic E-state index is -0.511. The van der Waals surface area contributed by atoms with Crippen LogP contribution in [0.5, 0.6) is 0 Å². The summed E-state index contributed by atoms with van der Waals surface area (Å²) in [5.41, 5.74) is 8.26. The van der Waals surface area contributed by atoms with E-state index in [1.165, 1.54) is 11.8 Å². The van der Waals surface area contributed by atoms with Gasteiger partial charge in [0.25, 0.3) is 0 Å². The average molecular weight is 380 g/mol. The Bertz CT molecular complexity index is 895. The molecule has 4 N–H and O–H groups in total. The summed E-state index contributed by atoms with van der Waals surface area (Å²) in [6, 6.07) is 18.3. The van der Waals surface area contributed by atoms with Crippen molar-refractivity contribution in [2.75, 3.05) is 11.1 Å². The standard InChI is InChI=1S/C20H20N4O2S/c1-13-17(19(21)26)18(14-8-4-2-5-9-14)24-20(22-13)27-12-16(25)23-15-10-6-3-7-11-15/h2-11,18H,12H2,1H3,(H2,21,26)(H,22,24)(H,23,25)/t18-/m0/s1. The fourth-order valence-electron chi connectivity index (χ4n) is 2.77. The molecule has 0 saturated carbocycles. The van der Waals surface area contributed by atoms with Crippen LogP contribution >= 0.6 is 11.8 Å². The number of allylic oxidation sites excluding steroid dienone is 1. The van der Waals surface area contributed by atoms with E-state index in [2.05, 4.69) is 15.6 Å². The van der Waals surface area contributed by atoms with Crippen LogP contribution in [0.15, 0.2) is 76.9 Å². The van der Waals surface area contributed by atoms with Crippen molar-refractivity contribution in [1.29, 1.82) is 0 Å². The van der Waals surface area contributed by atoms with Crippen LogP contribution in [0.3, 0.4) is 0 Å². The van der Waals surface area contributed by atoms with Gasteiger partial charge in [-0.25, -0.2) is 4.99 Å². The summed E-state index contributed by atoms with van der Waals surface area (Å²) < 4.78 is 0. The van der Waals surface area contributed by atoms with Crippen molar-refractivity contribution in [3.8, 4) is 0 Å². The zero-order chi connectivity index (χ0) is 19.2. The lowest BCUT2D eigenvalue weighted by Gasteiger charge is -2.25. The number of amides is 2. The zero-order valence-electron chi connectivity index (χ0n) is 14.8. The van der Waals surface area contributed by atoms with Crippen LogP contribution in [0.1, 0.15) is 18.5 Å². The number of thioether (sulfide) groups is 1. The van der Waals surface area contributed by atoms with Gasteiger partial charge in [0.15, 0.2) is 5.17 Å². The van der Waals surface area contributed by atoms with E-state index >= 15 is 0 Å². The van der Waals surface area contributed by atoms with Crippen molar-refractivity contribution in [2.24, 2.45) is 10.7 Å². The smallest absolute Gasteiger partial charge is 0.248 e. The molecule has 7 heteroatoms. The molecule has 0 saturated heterocycles. The van der Waals surface area contributed by atoms with Gasteiger partial charge in [0, 0.05) is 11.4 Å². The van der Waals surface area contributed by atoms with Gasteiger partial charge in [-0.3, -0.25) is 9.59 Å². The summed E-state index contributed by atoms with van der Waals surface area (Å²) in [5.74, 6) is -0.445. The first-order chi connectivity index (χ1) is 13.0. The molecule has 1 aliphatic heterocycles. The number of carbonyl (C=O) groups is 2. The van der Waals surface area contributed by atoms with Gasteiger partial charge in [0.05, 0.1) is 11.3 Å². The maximum Gasteiger partial charge on any atom is 0.248 e. The second-order valence-electron chi connectivity index (χ2n) is 5.98. The van der Waals surface area contributed by atoms with Crippen LogP contribution < -0.4 is 16.4 Å². The van der Waals surface area contributed by atoms with E-state index in [0.717, 1.165) is 11.3 Å². The van der Waals surface area contributed by atoms with Crippen LogP contribution in [0.2, 0.25) is 0 Å². The Morgan fingerprint density at radius 3 is 2.37 bits per heavy atom. The Hall–Kier alpha value is -3.06. The highest BCUT2D eigenvalue weighted by molar-refractivity contribution is 8.14. The van der Waals surface area contributed by atoms with Gasteiger partial charge < -0.3 is 16.4 Å². The molecule has 27 heavy (non-hydrogen) atoms. The monoisotopic (exact) mass is 380 g/mol. The predicted octanol–water partition coefficient (Wildman–Crippen LogP) is 2.82. The van der Waals surface area contributed by atoms with Crippen molar-refractivity contribution in [3.63, 3.8) is 0 Å². The molecule has 0 spiro atoms. The first kappa shape index (κ1) is 18.7. The SMILES string of the molecule is CC1=C(C(N)=O)[C@H](c2ccccc2)N=C(SCC(=O)Nc2ccccc2)N1. The van der Waals surface area contributed by atoms with Gasteiger partial charge in [-0.05, 0) is 24.6 Å². The number of hydrogen-bond donors (Lipinski definition) is 3. The molecule has 1 heterocycles. The van der Waals surface area contributed by atoms with E-state index in [0.29, 0.717) is 16.4 Å². The van der Waals surface area contributed by atoms with Gasteiger partial charge in [0.2, 0.25) is 11.8 Å². The largest absolute Gasteiger partial charge is 0.366 e. The molecule has 6 nitrogen and oxygen atoms in total. The van der Waals surface area contributed by atoms with Crippen molar-refractivity contribution in [1.82, 2.24) is 5.32 Å². The Morgan fingerprint density at radius 2 is 1.74 bits per heavy atom. The third-order valence-corrected chi connectivity index (χ3v) is 4.88. The molecule has 0 bridgehead atoms.